The van der Waals surface area contributed by atoms with Gasteiger partial charge in [-0.1, -0.05) is 6.42 Å². The number of aromatic nitrogens is 5. The summed E-state index contributed by atoms with van der Waals surface area (Å²) in [7, 11) is 0. The van der Waals surface area contributed by atoms with Crippen molar-refractivity contribution in [3.05, 3.63) is 40.6 Å². The number of hydrogen-bond donors (Lipinski definition) is 2. The zero-order valence-corrected chi connectivity index (χ0v) is 14.3. The number of piperidine rings is 1. The topological polar surface area (TPSA) is 109 Å². The lowest BCUT2D eigenvalue weighted by Gasteiger charge is -2.26. The molecule has 1 saturated heterocycles. The normalized spacial score (nSPS) is 15.5. The lowest BCUT2D eigenvalue weighted by atomic mass is 10.1. The van der Waals surface area contributed by atoms with Crippen molar-refractivity contribution in [3.63, 3.8) is 0 Å². The Morgan fingerprint density at radius 2 is 2.04 bits per heavy atom. The fraction of sp³-hybridized carbons (Fsp3) is 0.412. The third-order valence-electron chi connectivity index (χ3n) is 4.76. The Morgan fingerprint density at radius 1 is 1.23 bits per heavy atom. The maximum Gasteiger partial charge on any atom is 0.338 e. The lowest BCUT2D eigenvalue weighted by molar-refractivity contribution is 0.0697. The molecule has 1 aliphatic rings. The highest BCUT2D eigenvalue weighted by atomic mass is 16.4. The van der Waals surface area contributed by atoms with Crippen LogP contribution < -0.4 is 5.56 Å². The highest BCUT2D eigenvalue weighted by Gasteiger charge is 2.14. The van der Waals surface area contributed by atoms with E-state index in [0.717, 1.165) is 26.2 Å². The Kier molecular flexibility index (Phi) is 4.29. The average molecular weight is 356 g/mol. The van der Waals surface area contributed by atoms with E-state index in [0.29, 0.717) is 11.0 Å². The van der Waals surface area contributed by atoms with Crippen molar-refractivity contribution in [2.45, 2.75) is 25.8 Å². The van der Waals surface area contributed by atoms with E-state index in [1.54, 1.807) is 6.07 Å². The molecule has 0 aliphatic carbocycles. The van der Waals surface area contributed by atoms with Crippen LogP contribution >= 0.6 is 0 Å². The number of nitrogens with one attached hydrogen (secondary N) is 1. The van der Waals surface area contributed by atoms with Gasteiger partial charge >= 0.3 is 5.97 Å². The van der Waals surface area contributed by atoms with Crippen molar-refractivity contribution in [1.29, 1.82) is 0 Å². The predicted octanol–water partition coefficient (Wildman–Crippen LogP) is 1.09. The summed E-state index contributed by atoms with van der Waals surface area (Å²) in [6, 6.07) is 1.80. The molecule has 0 bridgehead atoms. The molecule has 0 radical (unpaired) electrons. The van der Waals surface area contributed by atoms with Crippen LogP contribution in [-0.2, 0) is 6.54 Å². The number of carboxylic acids is 1. The Morgan fingerprint density at radius 3 is 2.77 bits per heavy atom. The summed E-state index contributed by atoms with van der Waals surface area (Å²) in [5, 5.41) is 12.9. The zero-order valence-electron chi connectivity index (χ0n) is 14.3. The van der Waals surface area contributed by atoms with Crippen molar-refractivity contribution in [3.8, 4) is 5.95 Å². The molecule has 0 amide bonds. The smallest absolute Gasteiger partial charge is 0.338 e. The molecule has 0 aromatic carbocycles. The molecule has 1 fully saturated rings. The number of rotatable bonds is 5. The quantitative estimate of drug-likeness (QED) is 0.708. The van der Waals surface area contributed by atoms with Crippen LogP contribution in [0.25, 0.3) is 17.0 Å². The highest BCUT2D eigenvalue weighted by molar-refractivity contribution is 5.87. The van der Waals surface area contributed by atoms with Gasteiger partial charge in [-0.25, -0.2) is 14.5 Å². The first-order chi connectivity index (χ1) is 12.6. The molecule has 3 aromatic rings. The molecule has 4 rings (SSSR count). The number of carbonyl (C=O) groups is 1. The van der Waals surface area contributed by atoms with E-state index in [4.69, 9.17) is 5.11 Å². The van der Waals surface area contributed by atoms with Gasteiger partial charge in [0.05, 0.1) is 17.3 Å². The molecule has 0 atom stereocenters. The van der Waals surface area contributed by atoms with Crippen molar-refractivity contribution >= 4 is 17.0 Å². The highest BCUT2D eigenvalue weighted by Crippen LogP contribution is 2.13. The molecular weight excluding hydrogens is 336 g/mol. The van der Waals surface area contributed by atoms with Crippen LogP contribution in [0.1, 0.15) is 29.6 Å². The lowest BCUT2D eigenvalue weighted by Crippen LogP contribution is -2.32. The Bertz CT molecular complexity index is 996. The van der Waals surface area contributed by atoms with E-state index in [-0.39, 0.29) is 17.1 Å². The summed E-state index contributed by atoms with van der Waals surface area (Å²) in [5.74, 6) is -0.882. The van der Waals surface area contributed by atoms with Crippen LogP contribution in [0.5, 0.6) is 0 Å². The van der Waals surface area contributed by atoms with Crippen LogP contribution in [0.2, 0.25) is 0 Å². The fourth-order valence-corrected chi connectivity index (χ4v) is 3.38. The van der Waals surface area contributed by atoms with Gasteiger partial charge in [-0.05, 0) is 32.0 Å². The summed E-state index contributed by atoms with van der Waals surface area (Å²) in [5.41, 5.74) is 0.860. The molecule has 1 aliphatic heterocycles. The number of fused-ring (bicyclic) bond motifs is 1. The number of H-pyrrole nitrogens is 1. The maximum atomic E-state index is 12.6. The third-order valence-corrected chi connectivity index (χ3v) is 4.76. The van der Waals surface area contributed by atoms with Crippen molar-refractivity contribution in [2.75, 3.05) is 19.6 Å². The van der Waals surface area contributed by atoms with E-state index in [9.17, 15) is 9.59 Å². The van der Waals surface area contributed by atoms with Crippen molar-refractivity contribution in [1.82, 2.24) is 29.2 Å². The van der Waals surface area contributed by atoms with Gasteiger partial charge < -0.3 is 14.6 Å². The first-order valence-electron chi connectivity index (χ1n) is 8.72. The molecule has 0 unspecified atom stereocenters. The molecule has 0 saturated carbocycles. The van der Waals surface area contributed by atoms with Crippen LogP contribution in [0, 0.1) is 0 Å². The van der Waals surface area contributed by atoms with E-state index in [1.165, 1.54) is 36.3 Å². The summed E-state index contributed by atoms with van der Waals surface area (Å²) >= 11 is 0. The minimum atomic E-state index is -1.08. The molecule has 136 valence electrons. The van der Waals surface area contributed by atoms with Gasteiger partial charge in [-0.2, -0.15) is 5.10 Å². The molecular formula is C17H20N6O3. The first-order valence-corrected chi connectivity index (χ1v) is 8.72. The fourth-order valence-electron chi connectivity index (χ4n) is 3.38. The second-order valence-electron chi connectivity index (χ2n) is 6.51. The summed E-state index contributed by atoms with van der Waals surface area (Å²) < 4.78 is 3.18. The number of carboxylic acid groups (broad SMARTS) is 1. The van der Waals surface area contributed by atoms with Gasteiger partial charge in [0.1, 0.15) is 5.52 Å². The van der Waals surface area contributed by atoms with Gasteiger partial charge in [-0.15, -0.1) is 0 Å². The van der Waals surface area contributed by atoms with Gasteiger partial charge in [-0.3, -0.25) is 9.78 Å². The number of hydrogen-bond acceptors (Lipinski definition) is 5. The maximum absolute atomic E-state index is 12.6. The molecule has 0 spiro atoms. The summed E-state index contributed by atoms with van der Waals surface area (Å²) in [6.07, 6.45) is 8.18. The number of aromatic amines is 1. The number of aromatic carboxylic acids is 1. The van der Waals surface area contributed by atoms with Crippen molar-refractivity contribution in [2.24, 2.45) is 0 Å². The Hall–Kier alpha value is -2.94. The minimum absolute atomic E-state index is 0.0341. The predicted molar refractivity (Wildman–Crippen MR) is 94.7 cm³/mol. The molecule has 26 heavy (non-hydrogen) atoms. The van der Waals surface area contributed by atoms with E-state index >= 15 is 0 Å². The average Bonchev–Trinajstić information content (AvgIpc) is 3.28. The van der Waals surface area contributed by atoms with E-state index in [1.807, 2.05) is 10.8 Å². The van der Waals surface area contributed by atoms with E-state index in [2.05, 4.69) is 20.0 Å². The summed E-state index contributed by atoms with van der Waals surface area (Å²) in [4.78, 5) is 33.1. The van der Waals surface area contributed by atoms with Crippen LogP contribution in [-0.4, -0.2) is 59.9 Å². The van der Waals surface area contributed by atoms with Gasteiger partial charge in [0, 0.05) is 25.5 Å². The molecule has 4 heterocycles. The van der Waals surface area contributed by atoms with Gasteiger partial charge in [0.2, 0.25) is 5.95 Å². The first kappa shape index (κ1) is 16.5. The SMILES string of the molecule is O=C(O)c1cnn(-c2nc3ccn(CCN4CCCCC4)c3c(=O)[nH]2)c1. The second-order valence-corrected chi connectivity index (χ2v) is 6.51. The molecule has 9 nitrogen and oxygen atoms in total. The summed E-state index contributed by atoms with van der Waals surface area (Å²) in [6.45, 7) is 3.87. The monoisotopic (exact) mass is 356 g/mol. The number of nitrogens with zero attached hydrogens (tertiary/aromatic N) is 5. The van der Waals surface area contributed by atoms with Gasteiger partial charge in [0.25, 0.3) is 5.56 Å². The van der Waals surface area contributed by atoms with Gasteiger partial charge in [0.15, 0.2) is 0 Å². The largest absolute Gasteiger partial charge is 0.478 e. The third kappa shape index (κ3) is 3.13. The zero-order chi connectivity index (χ0) is 18.1. The van der Waals surface area contributed by atoms with Crippen LogP contribution in [0.3, 0.4) is 0 Å². The molecule has 3 aromatic heterocycles. The van der Waals surface area contributed by atoms with Crippen LogP contribution in [0.15, 0.2) is 29.5 Å². The standard InChI is InChI=1S/C17H20N6O3/c24-15-14-13(4-7-22(14)9-8-21-5-2-1-3-6-21)19-17(20-15)23-11-12(10-18-23)16(25)26/h4,7,10-11H,1-3,5-6,8-9H2,(H,25,26)(H,19,20,24). The van der Waals surface area contributed by atoms with E-state index < -0.39 is 5.97 Å². The second kappa shape index (κ2) is 6.75. The molecule has 2 N–H and O–H groups in total. The Balaban J connectivity index is 1.60. The molecule has 9 heteroatoms. The van der Waals surface area contributed by atoms with Crippen LogP contribution in [0.4, 0.5) is 0 Å². The van der Waals surface area contributed by atoms with Crippen molar-refractivity contribution < 1.29 is 9.90 Å². The minimum Gasteiger partial charge on any atom is -0.478 e. The number of likely N-dealkylation sites (tertiary alicyclic amines) is 1. The Labute approximate surface area is 148 Å².